The Balaban J connectivity index is 1.86. The normalized spacial score (nSPS) is 10.7. The molecule has 27 heavy (non-hydrogen) atoms. The van der Waals surface area contributed by atoms with Gasteiger partial charge in [0.1, 0.15) is 19.0 Å². The quantitative estimate of drug-likeness (QED) is 0.582. The molecule has 0 fully saturated rings. The van der Waals surface area contributed by atoms with Gasteiger partial charge in [-0.15, -0.1) is 0 Å². The van der Waals surface area contributed by atoms with E-state index in [0.29, 0.717) is 19.0 Å². The lowest BCUT2D eigenvalue weighted by molar-refractivity contribution is -0.140. The monoisotopic (exact) mass is 367 g/mol. The molecule has 0 saturated heterocycles. The Labute approximate surface area is 159 Å². The van der Waals surface area contributed by atoms with Crippen molar-refractivity contribution < 1.29 is 14.3 Å². The summed E-state index contributed by atoms with van der Waals surface area (Å²) >= 11 is 0. The Morgan fingerprint density at radius 3 is 2.70 bits per heavy atom. The minimum Gasteiger partial charge on any atom is -0.485 e. The molecule has 0 saturated carbocycles. The minimum absolute atomic E-state index is 0.105. The number of benzene rings is 1. The number of ether oxygens (including phenoxy) is 2. The van der Waals surface area contributed by atoms with E-state index in [-0.39, 0.29) is 12.5 Å². The van der Waals surface area contributed by atoms with E-state index in [1.807, 2.05) is 53.1 Å². The van der Waals surface area contributed by atoms with Crippen LogP contribution in [-0.2, 0) is 22.6 Å². The number of anilines is 1. The predicted octanol–water partition coefficient (Wildman–Crippen LogP) is 3.84. The number of esters is 1. The van der Waals surface area contributed by atoms with E-state index < -0.39 is 0 Å². The van der Waals surface area contributed by atoms with Crippen molar-refractivity contribution in [2.24, 2.45) is 0 Å². The van der Waals surface area contributed by atoms with Crippen LogP contribution in [0.25, 0.3) is 5.65 Å². The molecule has 0 atom stereocenters. The summed E-state index contributed by atoms with van der Waals surface area (Å²) in [7, 11) is 0. The Morgan fingerprint density at radius 1 is 1.15 bits per heavy atom. The summed E-state index contributed by atoms with van der Waals surface area (Å²) in [6.45, 7) is 4.85. The fourth-order valence-corrected chi connectivity index (χ4v) is 2.90. The molecule has 0 aliphatic carbocycles. The number of imidazole rings is 1. The smallest absolute Gasteiger partial charge is 0.325 e. The maximum absolute atomic E-state index is 11.7. The van der Waals surface area contributed by atoms with Crippen molar-refractivity contribution >= 4 is 17.4 Å². The summed E-state index contributed by atoms with van der Waals surface area (Å²) in [6.07, 6.45) is 3.69. The molecule has 6 heteroatoms. The van der Waals surface area contributed by atoms with Crippen molar-refractivity contribution in [1.82, 2.24) is 9.38 Å². The molecule has 0 aliphatic rings. The lowest BCUT2D eigenvalue weighted by Crippen LogP contribution is -2.18. The van der Waals surface area contributed by atoms with Gasteiger partial charge in [0.25, 0.3) is 0 Å². The molecule has 3 aromatic rings. The predicted molar refractivity (Wildman–Crippen MR) is 105 cm³/mol. The summed E-state index contributed by atoms with van der Waals surface area (Å²) in [6, 6.07) is 13.9. The molecule has 0 radical (unpaired) electrons. The molecule has 0 amide bonds. The lowest BCUT2D eigenvalue weighted by Gasteiger charge is -2.10. The largest absolute Gasteiger partial charge is 0.485 e. The van der Waals surface area contributed by atoms with E-state index >= 15 is 0 Å². The number of nitrogens with zero attached hydrogens (tertiary/aromatic N) is 2. The van der Waals surface area contributed by atoms with E-state index in [0.717, 1.165) is 35.6 Å². The molecule has 1 aromatic carbocycles. The highest BCUT2D eigenvalue weighted by Crippen LogP contribution is 2.27. The first-order valence-corrected chi connectivity index (χ1v) is 9.29. The molecular weight excluding hydrogens is 342 g/mol. The van der Waals surface area contributed by atoms with Crippen LogP contribution in [0.2, 0.25) is 0 Å². The molecule has 0 unspecified atom stereocenters. The van der Waals surface area contributed by atoms with E-state index in [1.54, 1.807) is 6.92 Å². The summed E-state index contributed by atoms with van der Waals surface area (Å²) in [5.41, 5.74) is 2.75. The molecule has 3 rings (SSSR count). The van der Waals surface area contributed by atoms with Crippen LogP contribution < -0.4 is 10.1 Å². The summed E-state index contributed by atoms with van der Waals surface area (Å²) in [5, 5.41) is 3.18. The van der Waals surface area contributed by atoms with Crippen LogP contribution in [0.1, 0.15) is 31.5 Å². The highest BCUT2D eigenvalue weighted by Gasteiger charge is 2.16. The Bertz CT molecular complexity index is 890. The van der Waals surface area contributed by atoms with E-state index in [9.17, 15) is 4.79 Å². The van der Waals surface area contributed by atoms with Gasteiger partial charge in [0.05, 0.1) is 12.3 Å². The number of pyridine rings is 1. The summed E-state index contributed by atoms with van der Waals surface area (Å²) < 4.78 is 13.0. The second kappa shape index (κ2) is 9.07. The molecule has 142 valence electrons. The van der Waals surface area contributed by atoms with Crippen molar-refractivity contribution in [1.29, 1.82) is 0 Å². The molecule has 0 spiro atoms. The van der Waals surface area contributed by atoms with Crippen LogP contribution in [0, 0.1) is 0 Å². The molecular formula is C21H25N3O3. The summed E-state index contributed by atoms with van der Waals surface area (Å²) in [5.74, 6) is 1.24. The SMILES string of the molecule is CCCc1nc2c(OCc3ccccc3)cccn2c1NCC(=O)OCC. The van der Waals surface area contributed by atoms with Crippen LogP contribution in [0.4, 0.5) is 5.82 Å². The average molecular weight is 367 g/mol. The first-order valence-electron chi connectivity index (χ1n) is 9.29. The van der Waals surface area contributed by atoms with E-state index in [2.05, 4.69) is 12.2 Å². The topological polar surface area (TPSA) is 64.9 Å². The third-order valence-electron chi connectivity index (χ3n) is 4.12. The zero-order valence-corrected chi connectivity index (χ0v) is 15.8. The van der Waals surface area contributed by atoms with Gasteiger partial charge in [-0.3, -0.25) is 9.20 Å². The van der Waals surface area contributed by atoms with Gasteiger partial charge in [0, 0.05) is 6.20 Å². The molecule has 6 nitrogen and oxygen atoms in total. The fourth-order valence-electron chi connectivity index (χ4n) is 2.90. The number of carbonyl (C=O) groups excluding carboxylic acids is 1. The number of fused-ring (bicyclic) bond motifs is 1. The van der Waals surface area contributed by atoms with Crippen LogP contribution in [0.15, 0.2) is 48.7 Å². The van der Waals surface area contributed by atoms with Crippen molar-refractivity contribution in [3.05, 3.63) is 59.9 Å². The van der Waals surface area contributed by atoms with Crippen molar-refractivity contribution in [3.63, 3.8) is 0 Å². The Hall–Kier alpha value is -3.02. The standard InChI is InChI=1S/C21H25N3O3/c1-3-9-17-20(22-14-19(25)26-4-2)24-13-8-12-18(21(24)23-17)27-15-16-10-6-5-7-11-16/h5-8,10-13,22H,3-4,9,14-15H2,1-2H3. The lowest BCUT2D eigenvalue weighted by atomic mass is 10.2. The maximum atomic E-state index is 11.7. The van der Waals surface area contributed by atoms with Crippen LogP contribution in [0.3, 0.4) is 0 Å². The molecule has 2 aromatic heterocycles. The van der Waals surface area contributed by atoms with Crippen molar-refractivity contribution in [2.45, 2.75) is 33.3 Å². The Morgan fingerprint density at radius 2 is 1.96 bits per heavy atom. The van der Waals surface area contributed by atoms with Gasteiger partial charge < -0.3 is 14.8 Å². The number of hydrogen-bond acceptors (Lipinski definition) is 5. The average Bonchev–Trinajstić information content (AvgIpc) is 3.04. The highest BCUT2D eigenvalue weighted by atomic mass is 16.5. The van der Waals surface area contributed by atoms with Crippen molar-refractivity contribution in [3.8, 4) is 5.75 Å². The number of rotatable bonds is 9. The number of hydrogen-bond donors (Lipinski definition) is 1. The van der Waals surface area contributed by atoms with Gasteiger partial charge in [-0.25, -0.2) is 4.98 Å². The first kappa shape index (κ1) is 18.8. The van der Waals surface area contributed by atoms with E-state index in [1.165, 1.54) is 0 Å². The van der Waals surface area contributed by atoms with Gasteiger partial charge >= 0.3 is 5.97 Å². The molecule has 2 heterocycles. The van der Waals surface area contributed by atoms with Crippen LogP contribution in [-0.4, -0.2) is 28.5 Å². The van der Waals surface area contributed by atoms with E-state index in [4.69, 9.17) is 14.5 Å². The minimum atomic E-state index is -0.286. The summed E-state index contributed by atoms with van der Waals surface area (Å²) in [4.78, 5) is 16.5. The third kappa shape index (κ3) is 4.58. The van der Waals surface area contributed by atoms with Gasteiger partial charge in [-0.05, 0) is 31.0 Å². The Kier molecular flexibility index (Phi) is 6.30. The molecule has 0 bridgehead atoms. The van der Waals surface area contributed by atoms with Crippen molar-refractivity contribution in [2.75, 3.05) is 18.5 Å². The number of carbonyl (C=O) groups is 1. The fraction of sp³-hybridized carbons (Fsp3) is 0.333. The molecule has 0 aliphatic heterocycles. The molecule has 1 N–H and O–H groups in total. The number of aromatic nitrogens is 2. The maximum Gasteiger partial charge on any atom is 0.325 e. The first-order chi connectivity index (χ1) is 13.2. The zero-order valence-electron chi connectivity index (χ0n) is 15.8. The number of aryl methyl sites for hydroxylation is 1. The van der Waals surface area contributed by atoms with Gasteiger partial charge in [0.2, 0.25) is 0 Å². The van der Waals surface area contributed by atoms with Crippen LogP contribution in [0.5, 0.6) is 5.75 Å². The van der Waals surface area contributed by atoms with Gasteiger partial charge in [-0.1, -0.05) is 43.7 Å². The highest BCUT2D eigenvalue weighted by molar-refractivity contribution is 5.75. The number of nitrogens with one attached hydrogen (secondary N) is 1. The van der Waals surface area contributed by atoms with Gasteiger partial charge in [0.15, 0.2) is 11.4 Å². The second-order valence-corrected chi connectivity index (χ2v) is 6.16. The van der Waals surface area contributed by atoms with Crippen LogP contribution >= 0.6 is 0 Å². The third-order valence-corrected chi connectivity index (χ3v) is 4.12. The van der Waals surface area contributed by atoms with Gasteiger partial charge in [-0.2, -0.15) is 0 Å². The zero-order chi connectivity index (χ0) is 19.1. The second-order valence-electron chi connectivity index (χ2n) is 6.16.